The molecule has 1 spiro atoms. The van der Waals surface area contributed by atoms with E-state index in [2.05, 4.69) is 12.2 Å². The standard InChI is InChI=1S/C23H33NO11/c1-11-4-5-14-12(2)20(32-21-23(14)13(11)8-9-22(3,33-21)34-35-23)31-18(28)7-6-16(25)24-15(19(29)30)10-17(26)27/h11-15,20-21H,4-10H2,1-3H3,(H,24,25)(H,26,27)(H,29,30)/t11-,12-,13+,14+,15+,20-,21-,22?,23?/m1/s1. The van der Waals surface area contributed by atoms with Gasteiger partial charge in [0.1, 0.15) is 6.04 Å². The summed E-state index contributed by atoms with van der Waals surface area (Å²) in [5.74, 6) is -4.94. The van der Waals surface area contributed by atoms with Crippen LogP contribution in [-0.2, 0) is 43.2 Å². The molecule has 196 valence electrons. The predicted octanol–water partition coefficient (Wildman–Crippen LogP) is 1.56. The van der Waals surface area contributed by atoms with Crippen LogP contribution in [0, 0.1) is 23.7 Å². The number of carboxylic acids is 2. The van der Waals surface area contributed by atoms with Gasteiger partial charge in [-0.2, -0.15) is 0 Å². The second-order valence-electron chi connectivity index (χ2n) is 10.3. The minimum atomic E-state index is -1.58. The molecule has 4 aliphatic heterocycles. The zero-order chi connectivity index (χ0) is 25.5. The molecule has 1 aliphatic carbocycles. The summed E-state index contributed by atoms with van der Waals surface area (Å²) in [4.78, 5) is 58.3. The lowest BCUT2D eigenvalue weighted by Crippen LogP contribution is -2.70. The number of carbonyl (C=O) groups excluding carboxylic acids is 2. The molecule has 5 rings (SSSR count). The van der Waals surface area contributed by atoms with E-state index in [0.29, 0.717) is 12.3 Å². The Morgan fingerprint density at radius 1 is 1.06 bits per heavy atom. The summed E-state index contributed by atoms with van der Waals surface area (Å²) in [6, 6.07) is -1.58. The van der Waals surface area contributed by atoms with Crippen molar-refractivity contribution in [2.45, 2.75) is 95.7 Å². The molecule has 1 saturated carbocycles. The molecule has 12 heteroatoms. The lowest BCUT2D eigenvalue weighted by molar-refractivity contribution is -0.576. The number of hydrogen-bond acceptors (Lipinski definition) is 9. The molecule has 0 radical (unpaired) electrons. The Kier molecular flexibility index (Phi) is 7.11. The van der Waals surface area contributed by atoms with Crippen LogP contribution in [-0.4, -0.2) is 64.0 Å². The van der Waals surface area contributed by atoms with Crippen LogP contribution < -0.4 is 5.32 Å². The van der Waals surface area contributed by atoms with Crippen LogP contribution in [0.5, 0.6) is 0 Å². The van der Waals surface area contributed by atoms with Crippen LogP contribution in [0.15, 0.2) is 0 Å². The quantitative estimate of drug-likeness (QED) is 0.327. The van der Waals surface area contributed by atoms with Crippen molar-refractivity contribution in [3.05, 3.63) is 0 Å². The van der Waals surface area contributed by atoms with Gasteiger partial charge in [0.15, 0.2) is 11.9 Å². The molecule has 35 heavy (non-hydrogen) atoms. The minimum Gasteiger partial charge on any atom is -0.481 e. The van der Waals surface area contributed by atoms with Crippen LogP contribution in [0.2, 0.25) is 0 Å². The highest BCUT2D eigenvalue weighted by atomic mass is 17.3. The lowest BCUT2D eigenvalue weighted by atomic mass is 9.58. The molecule has 3 N–H and O–H groups in total. The smallest absolute Gasteiger partial charge is 0.326 e. The van der Waals surface area contributed by atoms with Gasteiger partial charge in [0, 0.05) is 24.7 Å². The van der Waals surface area contributed by atoms with Crippen molar-refractivity contribution in [2.24, 2.45) is 23.7 Å². The summed E-state index contributed by atoms with van der Waals surface area (Å²) >= 11 is 0. The summed E-state index contributed by atoms with van der Waals surface area (Å²) in [5, 5.41) is 19.9. The van der Waals surface area contributed by atoms with Gasteiger partial charge >= 0.3 is 17.9 Å². The number of amides is 1. The first-order valence-corrected chi connectivity index (χ1v) is 12.1. The minimum absolute atomic E-state index is 0.0291. The van der Waals surface area contributed by atoms with Gasteiger partial charge in [-0.25, -0.2) is 14.6 Å². The van der Waals surface area contributed by atoms with Gasteiger partial charge in [-0.3, -0.25) is 14.4 Å². The molecule has 5 aliphatic rings. The number of aliphatic carboxylic acids is 2. The van der Waals surface area contributed by atoms with E-state index in [1.54, 1.807) is 6.92 Å². The Morgan fingerprint density at radius 3 is 2.49 bits per heavy atom. The molecular formula is C23H33NO11. The molecule has 1 amide bonds. The molecule has 0 aromatic carbocycles. The molecule has 4 heterocycles. The number of hydrogen-bond donors (Lipinski definition) is 3. The summed E-state index contributed by atoms with van der Waals surface area (Å²) in [6.45, 7) is 5.93. The monoisotopic (exact) mass is 499 g/mol. The first-order valence-electron chi connectivity index (χ1n) is 12.1. The second-order valence-corrected chi connectivity index (χ2v) is 10.3. The summed E-state index contributed by atoms with van der Waals surface area (Å²) in [7, 11) is 0. The van der Waals surface area contributed by atoms with Gasteiger partial charge in [0.2, 0.25) is 18.0 Å². The third-order valence-electron chi connectivity index (χ3n) is 7.91. The van der Waals surface area contributed by atoms with Crippen LogP contribution in [0.25, 0.3) is 0 Å². The highest BCUT2D eigenvalue weighted by Crippen LogP contribution is 2.60. The van der Waals surface area contributed by atoms with Crippen LogP contribution in [0.1, 0.15) is 65.7 Å². The maximum atomic E-state index is 12.5. The molecule has 2 bridgehead atoms. The van der Waals surface area contributed by atoms with Gasteiger partial charge < -0.3 is 29.7 Å². The third-order valence-corrected chi connectivity index (χ3v) is 7.91. The SMILES string of the molecule is C[C@H]1[C@H](OC(=O)CCC(=O)N[C@@H](CC(=O)O)C(=O)O)O[C@@H]2OC3(C)CC[C@H]4[C@H](C)CC[C@@H]1C24OO3. The van der Waals surface area contributed by atoms with E-state index in [1.807, 2.05) is 6.92 Å². The predicted molar refractivity (Wildman–Crippen MR) is 114 cm³/mol. The number of ether oxygens (including phenoxy) is 3. The molecule has 9 atom stereocenters. The molecule has 2 unspecified atom stereocenters. The van der Waals surface area contributed by atoms with Gasteiger partial charge in [-0.1, -0.05) is 13.8 Å². The maximum absolute atomic E-state index is 12.5. The number of carboxylic acid groups (broad SMARTS) is 2. The zero-order valence-corrected chi connectivity index (χ0v) is 20.1. The van der Waals surface area contributed by atoms with Crippen LogP contribution >= 0.6 is 0 Å². The van der Waals surface area contributed by atoms with Crippen molar-refractivity contribution >= 4 is 23.8 Å². The average molecular weight is 500 g/mol. The van der Waals surface area contributed by atoms with Gasteiger partial charge in [-0.15, -0.1) is 0 Å². The Labute approximate surface area is 202 Å². The van der Waals surface area contributed by atoms with E-state index < -0.39 is 60.2 Å². The fourth-order valence-electron chi connectivity index (χ4n) is 6.05. The zero-order valence-electron chi connectivity index (χ0n) is 20.1. The first kappa shape index (κ1) is 25.8. The maximum Gasteiger partial charge on any atom is 0.326 e. The van der Waals surface area contributed by atoms with E-state index in [9.17, 15) is 19.2 Å². The van der Waals surface area contributed by atoms with Gasteiger partial charge in [-0.05, 0) is 38.0 Å². The van der Waals surface area contributed by atoms with Crippen molar-refractivity contribution < 1.29 is 53.4 Å². The summed E-state index contributed by atoms with van der Waals surface area (Å²) < 4.78 is 18.0. The van der Waals surface area contributed by atoms with E-state index in [0.717, 1.165) is 19.3 Å². The van der Waals surface area contributed by atoms with Crippen LogP contribution in [0.4, 0.5) is 0 Å². The number of fused-ring (bicyclic) bond motifs is 2. The largest absolute Gasteiger partial charge is 0.481 e. The topological polar surface area (TPSA) is 167 Å². The fourth-order valence-corrected chi connectivity index (χ4v) is 6.05. The highest BCUT2D eigenvalue weighted by Gasteiger charge is 2.69. The second kappa shape index (κ2) is 9.64. The van der Waals surface area contributed by atoms with Gasteiger partial charge in [0.05, 0.1) is 12.8 Å². The average Bonchev–Trinajstić information content (AvgIpc) is 3.01. The molecule has 0 aromatic rings. The van der Waals surface area contributed by atoms with E-state index in [-0.39, 0.29) is 30.6 Å². The highest BCUT2D eigenvalue weighted by molar-refractivity contribution is 5.88. The molecule has 4 saturated heterocycles. The van der Waals surface area contributed by atoms with Crippen LogP contribution in [0.3, 0.4) is 0 Å². The Hall–Kier alpha value is -2.28. The number of rotatable bonds is 8. The fraction of sp³-hybridized carbons (Fsp3) is 0.826. The Balaban J connectivity index is 1.38. The van der Waals surface area contributed by atoms with E-state index >= 15 is 0 Å². The molecule has 5 fully saturated rings. The molecule has 0 aromatic heterocycles. The Bertz CT molecular complexity index is 880. The van der Waals surface area contributed by atoms with Crippen molar-refractivity contribution in [1.29, 1.82) is 0 Å². The summed E-state index contributed by atoms with van der Waals surface area (Å²) in [6.07, 6.45) is 0.226. The Morgan fingerprint density at radius 2 is 1.80 bits per heavy atom. The summed E-state index contributed by atoms with van der Waals surface area (Å²) in [5.41, 5.74) is -0.786. The number of esters is 1. The van der Waals surface area contributed by atoms with E-state index in [4.69, 9.17) is 34.2 Å². The lowest BCUT2D eigenvalue weighted by Gasteiger charge is -2.59. The molecule has 12 nitrogen and oxygen atoms in total. The van der Waals surface area contributed by atoms with Gasteiger partial charge in [0.25, 0.3) is 0 Å². The normalized spacial score (nSPS) is 40.7. The van der Waals surface area contributed by atoms with Crippen molar-refractivity contribution in [2.75, 3.05) is 0 Å². The molecular weight excluding hydrogens is 466 g/mol. The first-order chi connectivity index (χ1) is 16.4. The van der Waals surface area contributed by atoms with Crippen molar-refractivity contribution in [1.82, 2.24) is 5.32 Å². The third kappa shape index (κ3) is 4.89. The van der Waals surface area contributed by atoms with Crippen molar-refractivity contribution in [3.8, 4) is 0 Å². The number of carbonyl (C=O) groups is 4. The van der Waals surface area contributed by atoms with E-state index in [1.165, 1.54) is 0 Å². The van der Waals surface area contributed by atoms with Crippen molar-refractivity contribution in [3.63, 3.8) is 0 Å². The number of nitrogens with one attached hydrogen (secondary N) is 1.